The third-order valence-corrected chi connectivity index (χ3v) is 7.96. The van der Waals surface area contributed by atoms with Crippen molar-refractivity contribution in [3.8, 4) is 0 Å². The number of amides is 2. The van der Waals surface area contributed by atoms with E-state index in [0.29, 0.717) is 23.6 Å². The summed E-state index contributed by atoms with van der Waals surface area (Å²) in [5.74, 6) is -0.0694. The van der Waals surface area contributed by atoms with E-state index in [1.807, 2.05) is 53.4 Å². The Morgan fingerprint density at radius 1 is 1.00 bits per heavy atom. The Hall–Kier alpha value is -3.57. The highest BCUT2D eigenvalue weighted by molar-refractivity contribution is 8.04. The van der Waals surface area contributed by atoms with Crippen molar-refractivity contribution in [2.75, 3.05) is 11.4 Å². The normalized spacial score (nSPS) is 16.4. The molecule has 1 aliphatic carbocycles. The zero-order valence-electron chi connectivity index (χ0n) is 21.2. The lowest BCUT2D eigenvalue weighted by atomic mass is 9.97. The largest absolute Gasteiger partial charge is 0.352 e. The molecule has 3 aromatic carbocycles. The summed E-state index contributed by atoms with van der Waals surface area (Å²) in [6, 6.07) is 23.8. The molecule has 3 aromatic rings. The van der Waals surface area contributed by atoms with Crippen molar-refractivity contribution in [3.05, 3.63) is 112 Å². The number of hydrogen-bond acceptors (Lipinski definition) is 3. The number of carbonyl (C=O) groups excluding carboxylic acids is 2. The Morgan fingerprint density at radius 3 is 2.54 bits per heavy atom. The number of allylic oxidation sites excluding steroid dienone is 1. The zero-order chi connectivity index (χ0) is 25.6. The SMILES string of the molecule is Cc1ccc(CN2C(=O)C(=Cc3ccc(C(=O)NCCC4=CCCCC4)cc3)Sc3ccccc32)cc1. The summed E-state index contributed by atoms with van der Waals surface area (Å²) in [7, 11) is 0. The third kappa shape index (κ3) is 6.23. The predicted molar refractivity (Wildman–Crippen MR) is 153 cm³/mol. The molecule has 0 saturated heterocycles. The quantitative estimate of drug-likeness (QED) is 0.269. The zero-order valence-corrected chi connectivity index (χ0v) is 22.0. The maximum atomic E-state index is 13.6. The number of benzene rings is 3. The van der Waals surface area contributed by atoms with Gasteiger partial charge >= 0.3 is 0 Å². The third-order valence-electron chi connectivity index (χ3n) is 6.88. The summed E-state index contributed by atoms with van der Waals surface area (Å²) in [4.78, 5) is 29.7. The lowest BCUT2D eigenvalue weighted by Crippen LogP contribution is -2.33. The van der Waals surface area contributed by atoms with Gasteiger partial charge in [0.2, 0.25) is 0 Å². The van der Waals surface area contributed by atoms with Gasteiger partial charge in [0.25, 0.3) is 11.8 Å². The molecule has 0 spiro atoms. The second-order valence-electron chi connectivity index (χ2n) is 9.69. The summed E-state index contributed by atoms with van der Waals surface area (Å²) in [6.45, 7) is 3.24. The second-order valence-corrected chi connectivity index (χ2v) is 10.8. The van der Waals surface area contributed by atoms with Gasteiger partial charge in [0, 0.05) is 17.0 Å². The van der Waals surface area contributed by atoms with E-state index < -0.39 is 0 Å². The van der Waals surface area contributed by atoms with Gasteiger partial charge in [-0.05, 0) is 80.5 Å². The van der Waals surface area contributed by atoms with Crippen LogP contribution in [0, 0.1) is 6.92 Å². The van der Waals surface area contributed by atoms with Crippen LogP contribution in [-0.2, 0) is 11.3 Å². The van der Waals surface area contributed by atoms with Crippen molar-refractivity contribution in [2.24, 2.45) is 0 Å². The summed E-state index contributed by atoms with van der Waals surface area (Å²) in [5.41, 5.74) is 6.22. The monoisotopic (exact) mass is 508 g/mol. The molecule has 5 heteroatoms. The van der Waals surface area contributed by atoms with Crippen LogP contribution in [0.15, 0.2) is 94.2 Å². The first-order chi connectivity index (χ1) is 18.1. The molecule has 0 atom stereocenters. The van der Waals surface area contributed by atoms with Crippen LogP contribution in [0.25, 0.3) is 6.08 Å². The first-order valence-corrected chi connectivity index (χ1v) is 13.8. The molecule has 4 nitrogen and oxygen atoms in total. The lowest BCUT2D eigenvalue weighted by molar-refractivity contribution is -0.114. The highest BCUT2D eigenvalue weighted by Gasteiger charge is 2.29. The summed E-state index contributed by atoms with van der Waals surface area (Å²) in [6.07, 6.45) is 10.0. The van der Waals surface area contributed by atoms with Gasteiger partial charge in [0.15, 0.2) is 0 Å². The Kier molecular flexibility index (Phi) is 7.90. The second kappa shape index (κ2) is 11.7. The van der Waals surface area contributed by atoms with E-state index >= 15 is 0 Å². The van der Waals surface area contributed by atoms with Crippen molar-refractivity contribution >= 4 is 35.3 Å². The number of carbonyl (C=O) groups is 2. The van der Waals surface area contributed by atoms with Gasteiger partial charge in [-0.25, -0.2) is 0 Å². The van der Waals surface area contributed by atoms with E-state index in [1.165, 1.54) is 35.7 Å². The van der Waals surface area contributed by atoms with E-state index in [-0.39, 0.29) is 11.8 Å². The number of nitrogens with zero attached hydrogens (tertiary/aromatic N) is 1. The molecule has 1 heterocycles. The van der Waals surface area contributed by atoms with Crippen LogP contribution in [-0.4, -0.2) is 18.4 Å². The van der Waals surface area contributed by atoms with Gasteiger partial charge in [-0.2, -0.15) is 0 Å². The maximum absolute atomic E-state index is 13.6. The predicted octanol–water partition coefficient (Wildman–Crippen LogP) is 7.30. The van der Waals surface area contributed by atoms with Gasteiger partial charge in [0.05, 0.1) is 17.1 Å². The van der Waals surface area contributed by atoms with Crippen molar-refractivity contribution < 1.29 is 9.59 Å². The first-order valence-electron chi connectivity index (χ1n) is 13.0. The molecule has 0 radical (unpaired) electrons. The fourth-order valence-corrected chi connectivity index (χ4v) is 5.81. The molecular formula is C32H32N2O2S. The fourth-order valence-electron chi connectivity index (χ4n) is 4.75. The molecule has 2 amide bonds. The molecule has 0 fully saturated rings. The Bertz CT molecular complexity index is 1340. The Morgan fingerprint density at radius 2 is 1.78 bits per heavy atom. The van der Waals surface area contributed by atoms with Crippen molar-refractivity contribution in [3.63, 3.8) is 0 Å². The molecule has 37 heavy (non-hydrogen) atoms. The number of fused-ring (bicyclic) bond motifs is 1. The van der Waals surface area contributed by atoms with Crippen LogP contribution in [0.1, 0.15) is 59.2 Å². The van der Waals surface area contributed by atoms with Gasteiger partial charge in [-0.15, -0.1) is 0 Å². The van der Waals surface area contributed by atoms with E-state index in [4.69, 9.17) is 0 Å². The summed E-state index contributed by atoms with van der Waals surface area (Å²) < 4.78 is 0. The number of nitrogens with one attached hydrogen (secondary N) is 1. The molecular weight excluding hydrogens is 476 g/mol. The van der Waals surface area contributed by atoms with Crippen LogP contribution in [0.4, 0.5) is 5.69 Å². The van der Waals surface area contributed by atoms with Crippen LogP contribution < -0.4 is 10.2 Å². The molecule has 1 N–H and O–H groups in total. The lowest BCUT2D eigenvalue weighted by Gasteiger charge is -2.30. The van der Waals surface area contributed by atoms with Crippen LogP contribution in [0.2, 0.25) is 0 Å². The van der Waals surface area contributed by atoms with Crippen LogP contribution >= 0.6 is 11.8 Å². The molecule has 0 aromatic heterocycles. The highest BCUT2D eigenvalue weighted by atomic mass is 32.2. The molecule has 0 unspecified atom stereocenters. The average molecular weight is 509 g/mol. The highest BCUT2D eigenvalue weighted by Crippen LogP contribution is 2.42. The van der Waals surface area contributed by atoms with Crippen LogP contribution in [0.3, 0.4) is 0 Å². The van der Waals surface area contributed by atoms with E-state index in [2.05, 4.69) is 48.6 Å². The number of thioether (sulfide) groups is 1. The molecule has 0 bridgehead atoms. The fraction of sp³-hybridized carbons (Fsp3) is 0.250. The van der Waals surface area contributed by atoms with Gasteiger partial charge in [-0.1, -0.05) is 77.5 Å². The van der Waals surface area contributed by atoms with E-state index in [9.17, 15) is 9.59 Å². The van der Waals surface area contributed by atoms with Crippen molar-refractivity contribution in [1.82, 2.24) is 5.32 Å². The van der Waals surface area contributed by atoms with Crippen LogP contribution in [0.5, 0.6) is 0 Å². The molecule has 5 rings (SSSR count). The number of rotatable bonds is 7. The average Bonchev–Trinajstić information content (AvgIpc) is 2.93. The van der Waals surface area contributed by atoms with Gasteiger partial charge < -0.3 is 10.2 Å². The van der Waals surface area contributed by atoms with Crippen molar-refractivity contribution in [1.29, 1.82) is 0 Å². The minimum Gasteiger partial charge on any atom is -0.352 e. The topological polar surface area (TPSA) is 49.4 Å². The maximum Gasteiger partial charge on any atom is 0.265 e. The van der Waals surface area contributed by atoms with Crippen molar-refractivity contribution in [2.45, 2.75) is 50.5 Å². The standard InChI is InChI=1S/C32H32N2O2S/c1-23-11-13-26(14-12-23)22-34-28-9-5-6-10-29(28)37-30(32(34)36)21-25-15-17-27(18-16-25)31(35)33-20-19-24-7-3-2-4-8-24/h5-7,9-18,21H,2-4,8,19-20,22H2,1H3,(H,33,35). The van der Waals surface area contributed by atoms with Gasteiger partial charge in [0.1, 0.15) is 0 Å². The van der Waals surface area contributed by atoms with E-state index in [0.717, 1.165) is 41.0 Å². The smallest absolute Gasteiger partial charge is 0.265 e. The number of anilines is 1. The molecule has 1 aliphatic heterocycles. The van der Waals surface area contributed by atoms with E-state index in [1.54, 1.807) is 0 Å². The number of aryl methyl sites for hydroxylation is 1. The minimum atomic E-state index is -0.0584. The summed E-state index contributed by atoms with van der Waals surface area (Å²) >= 11 is 1.50. The molecule has 188 valence electrons. The van der Waals surface area contributed by atoms with Gasteiger partial charge in [-0.3, -0.25) is 9.59 Å². The summed E-state index contributed by atoms with van der Waals surface area (Å²) in [5, 5.41) is 3.04. The minimum absolute atomic E-state index is 0.0110. The Balaban J connectivity index is 1.28. The number of hydrogen-bond donors (Lipinski definition) is 1. The molecule has 2 aliphatic rings. The first kappa shape index (κ1) is 25.1. The number of para-hydroxylation sites is 1. The molecule has 0 saturated carbocycles. The Labute approximate surface area is 223 Å².